The van der Waals surface area contributed by atoms with E-state index in [2.05, 4.69) is 48.1 Å². The zero-order valence-electron chi connectivity index (χ0n) is 12.5. The highest BCUT2D eigenvalue weighted by atomic mass is 15.2. The van der Waals surface area contributed by atoms with Gasteiger partial charge in [0.15, 0.2) is 0 Å². The van der Waals surface area contributed by atoms with E-state index in [-0.39, 0.29) is 0 Å². The van der Waals surface area contributed by atoms with Gasteiger partial charge in [-0.1, -0.05) is 13.8 Å². The lowest BCUT2D eigenvalue weighted by Crippen LogP contribution is -2.53. The molecule has 1 aliphatic rings. The monoisotopic (exact) mass is 261 g/mol. The first-order valence-electron chi connectivity index (χ1n) is 7.58. The number of nitrogens with one attached hydrogen (secondary N) is 1. The lowest BCUT2D eigenvalue weighted by Gasteiger charge is -2.43. The summed E-state index contributed by atoms with van der Waals surface area (Å²) in [7, 11) is 0. The molecule has 0 spiro atoms. The third kappa shape index (κ3) is 3.77. The van der Waals surface area contributed by atoms with Gasteiger partial charge in [0.1, 0.15) is 0 Å². The van der Waals surface area contributed by atoms with Crippen LogP contribution in [0.2, 0.25) is 0 Å². The summed E-state index contributed by atoms with van der Waals surface area (Å²) in [6.45, 7) is 10.4. The van der Waals surface area contributed by atoms with Gasteiger partial charge in [-0.3, -0.25) is 9.88 Å². The molecule has 1 fully saturated rings. The molecule has 3 nitrogen and oxygen atoms in total. The van der Waals surface area contributed by atoms with Gasteiger partial charge in [-0.25, -0.2) is 0 Å². The molecule has 3 unspecified atom stereocenters. The van der Waals surface area contributed by atoms with Crippen LogP contribution in [0.25, 0.3) is 0 Å². The maximum Gasteiger partial charge on any atom is 0.0270 e. The van der Waals surface area contributed by atoms with E-state index < -0.39 is 0 Å². The van der Waals surface area contributed by atoms with Gasteiger partial charge in [0.05, 0.1) is 0 Å². The Morgan fingerprint density at radius 3 is 2.74 bits per heavy atom. The first kappa shape index (κ1) is 14.5. The fourth-order valence-electron chi connectivity index (χ4n) is 3.13. The Hall–Kier alpha value is -0.930. The molecule has 3 atom stereocenters. The van der Waals surface area contributed by atoms with E-state index in [1.807, 2.05) is 12.4 Å². The Labute approximate surface area is 117 Å². The summed E-state index contributed by atoms with van der Waals surface area (Å²) in [5.74, 6) is 0.728. The predicted molar refractivity (Wildman–Crippen MR) is 80.2 cm³/mol. The Morgan fingerprint density at radius 2 is 2.05 bits per heavy atom. The van der Waals surface area contributed by atoms with Crippen LogP contribution >= 0.6 is 0 Å². The molecular formula is C16H27N3. The molecule has 1 N–H and O–H groups in total. The van der Waals surface area contributed by atoms with Crippen LogP contribution in [0.15, 0.2) is 24.5 Å². The van der Waals surface area contributed by atoms with E-state index in [1.54, 1.807) is 0 Å². The first-order valence-corrected chi connectivity index (χ1v) is 7.58. The fourth-order valence-corrected chi connectivity index (χ4v) is 3.13. The van der Waals surface area contributed by atoms with Crippen LogP contribution in [0.1, 0.15) is 32.8 Å². The summed E-state index contributed by atoms with van der Waals surface area (Å²) in [5, 5.41) is 3.62. The minimum Gasteiger partial charge on any atom is -0.314 e. The molecule has 0 saturated carbocycles. The zero-order chi connectivity index (χ0) is 13.7. The van der Waals surface area contributed by atoms with Crippen LogP contribution in [-0.4, -0.2) is 41.6 Å². The molecule has 1 aromatic rings. The number of hydrogen-bond acceptors (Lipinski definition) is 3. The second-order valence-electron chi connectivity index (χ2n) is 5.69. The molecule has 19 heavy (non-hydrogen) atoms. The Bertz CT molecular complexity index is 366. The van der Waals surface area contributed by atoms with Gasteiger partial charge in [-0.15, -0.1) is 0 Å². The third-order valence-corrected chi connectivity index (χ3v) is 4.60. The predicted octanol–water partition coefficient (Wildman–Crippen LogP) is 2.33. The highest BCUT2D eigenvalue weighted by Crippen LogP contribution is 2.23. The molecule has 1 aromatic heterocycles. The van der Waals surface area contributed by atoms with Crippen LogP contribution in [0.4, 0.5) is 0 Å². The molecule has 0 bridgehead atoms. The number of nitrogens with zero attached hydrogens (tertiary/aromatic N) is 2. The van der Waals surface area contributed by atoms with Crippen LogP contribution in [0.3, 0.4) is 0 Å². The molecule has 0 radical (unpaired) electrons. The lowest BCUT2D eigenvalue weighted by atomic mass is 9.87. The Morgan fingerprint density at radius 1 is 1.32 bits per heavy atom. The zero-order valence-corrected chi connectivity index (χ0v) is 12.5. The van der Waals surface area contributed by atoms with Crippen molar-refractivity contribution in [3.63, 3.8) is 0 Å². The van der Waals surface area contributed by atoms with Crippen molar-refractivity contribution in [3.8, 4) is 0 Å². The van der Waals surface area contributed by atoms with Gasteiger partial charge in [-0.05, 0) is 56.5 Å². The van der Waals surface area contributed by atoms with Crippen LogP contribution in [0, 0.1) is 5.92 Å². The fraction of sp³-hybridized carbons (Fsp3) is 0.688. The second-order valence-corrected chi connectivity index (χ2v) is 5.69. The summed E-state index contributed by atoms with van der Waals surface area (Å²) >= 11 is 0. The molecule has 2 heterocycles. The smallest absolute Gasteiger partial charge is 0.0270 e. The standard InChI is InChI=1S/C16H27N3/c1-4-18-16-8-12-19(14(3)13(16)2)11-7-15-5-9-17-10-6-15/h5-6,9-10,13-14,16,18H,4,7-8,11-12H2,1-3H3. The van der Waals surface area contributed by atoms with Crippen molar-refractivity contribution in [1.29, 1.82) is 0 Å². The van der Waals surface area contributed by atoms with Crippen molar-refractivity contribution >= 4 is 0 Å². The minimum absolute atomic E-state index is 0.666. The van der Waals surface area contributed by atoms with Gasteiger partial charge in [-0.2, -0.15) is 0 Å². The van der Waals surface area contributed by atoms with Crippen molar-refractivity contribution in [2.75, 3.05) is 19.6 Å². The van der Waals surface area contributed by atoms with E-state index in [4.69, 9.17) is 0 Å². The van der Waals surface area contributed by atoms with Gasteiger partial charge in [0.25, 0.3) is 0 Å². The normalized spacial score (nSPS) is 28.5. The number of piperidine rings is 1. The van der Waals surface area contributed by atoms with Crippen LogP contribution in [-0.2, 0) is 6.42 Å². The molecule has 0 aromatic carbocycles. The Balaban J connectivity index is 1.85. The van der Waals surface area contributed by atoms with Crippen molar-refractivity contribution in [1.82, 2.24) is 15.2 Å². The SMILES string of the molecule is CCNC1CCN(CCc2ccncc2)C(C)C1C. The second kappa shape index (κ2) is 7.01. The van der Waals surface area contributed by atoms with Crippen molar-refractivity contribution in [2.24, 2.45) is 5.92 Å². The maximum absolute atomic E-state index is 4.08. The van der Waals surface area contributed by atoms with Gasteiger partial charge in [0, 0.05) is 31.0 Å². The lowest BCUT2D eigenvalue weighted by molar-refractivity contribution is 0.0867. The molecule has 1 saturated heterocycles. The number of pyridine rings is 1. The van der Waals surface area contributed by atoms with Crippen molar-refractivity contribution < 1.29 is 0 Å². The van der Waals surface area contributed by atoms with Gasteiger partial charge < -0.3 is 5.32 Å². The molecule has 1 aliphatic heterocycles. The largest absolute Gasteiger partial charge is 0.314 e. The highest BCUT2D eigenvalue weighted by molar-refractivity contribution is 5.10. The molecule has 0 amide bonds. The van der Waals surface area contributed by atoms with Crippen LogP contribution in [0.5, 0.6) is 0 Å². The highest BCUT2D eigenvalue weighted by Gasteiger charge is 2.31. The van der Waals surface area contributed by atoms with Crippen LogP contribution < -0.4 is 5.32 Å². The molecule has 2 rings (SSSR count). The van der Waals surface area contributed by atoms with E-state index in [0.29, 0.717) is 12.1 Å². The number of hydrogen-bond donors (Lipinski definition) is 1. The summed E-state index contributed by atoms with van der Waals surface area (Å²) in [4.78, 5) is 6.71. The number of aromatic nitrogens is 1. The molecular weight excluding hydrogens is 234 g/mol. The summed E-state index contributed by atoms with van der Waals surface area (Å²) in [5.41, 5.74) is 1.39. The average Bonchev–Trinajstić information content (AvgIpc) is 2.44. The average molecular weight is 261 g/mol. The van der Waals surface area contributed by atoms with Gasteiger partial charge >= 0.3 is 0 Å². The van der Waals surface area contributed by atoms with Crippen molar-refractivity contribution in [2.45, 2.75) is 45.7 Å². The summed E-state index contributed by atoms with van der Waals surface area (Å²) < 4.78 is 0. The van der Waals surface area contributed by atoms with Crippen molar-refractivity contribution in [3.05, 3.63) is 30.1 Å². The maximum atomic E-state index is 4.08. The summed E-state index contributed by atoms with van der Waals surface area (Å²) in [6, 6.07) is 5.61. The molecule has 106 valence electrons. The number of rotatable bonds is 5. The molecule has 3 heteroatoms. The third-order valence-electron chi connectivity index (χ3n) is 4.60. The number of likely N-dealkylation sites (tertiary alicyclic amines) is 1. The van der Waals surface area contributed by atoms with E-state index in [9.17, 15) is 0 Å². The molecule has 0 aliphatic carbocycles. The minimum atomic E-state index is 0.666. The topological polar surface area (TPSA) is 28.2 Å². The summed E-state index contributed by atoms with van der Waals surface area (Å²) in [6.07, 6.45) is 6.18. The Kier molecular flexibility index (Phi) is 5.34. The van der Waals surface area contributed by atoms with E-state index >= 15 is 0 Å². The first-order chi connectivity index (χ1) is 9.22. The quantitative estimate of drug-likeness (QED) is 0.882. The van der Waals surface area contributed by atoms with E-state index in [0.717, 1.165) is 25.4 Å². The van der Waals surface area contributed by atoms with E-state index in [1.165, 1.54) is 18.5 Å². The van der Waals surface area contributed by atoms with Gasteiger partial charge in [0.2, 0.25) is 0 Å².